The van der Waals surface area contributed by atoms with Crippen molar-refractivity contribution in [3.8, 4) is 0 Å². The lowest BCUT2D eigenvalue weighted by molar-refractivity contribution is -0.398. The second kappa shape index (κ2) is 5.08. The molecule has 80 valence electrons. The molecule has 0 aromatic rings. The largest absolute Gasteiger partial charge is 0.392 e. The number of carbonyl (C=O) groups is 1. The highest BCUT2D eigenvalue weighted by Crippen LogP contribution is 2.19. The maximum atomic E-state index is 11.8. The average Bonchev–Trinajstić information content (AvgIpc) is 2.01. The molecule has 0 aliphatic carbocycles. The maximum Gasteiger partial charge on any atom is 0.392 e. The predicted octanol–water partition coefficient (Wildman–Crippen LogP) is 2.98. The molecule has 0 bridgehead atoms. The van der Waals surface area contributed by atoms with E-state index in [1.165, 1.54) is 0 Å². The number of nitrogens with zero attached hydrogens (tertiary/aromatic N) is 1. The molecule has 0 aromatic heterocycles. The summed E-state index contributed by atoms with van der Waals surface area (Å²) in [5.74, 6) is 0.163. The van der Waals surface area contributed by atoms with E-state index in [0.717, 1.165) is 5.70 Å². The zero-order valence-electron chi connectivity index (χ0n) is 10.2. The summed E-state index contributed by atoms with van der Waals surface area (Å²) in [7, 11) is 0. The Morgan fingerprint density at radius 1 is 1.29 bits per heavy atom. The van der Waals surface area contributed by atoms with Crippen LogP contribution in [0.2, 0.25) is 0 Å². The highest BCUT2D eigenvalue weighted by Gasteiger charge is 2.25. The first-order valence-electron chi connectivity index (χ1n) is 5.06. The minimum atomic E-state index is 0.0480. The molecule has 0 rings (SSSR count). The van der Waals surface area contributed by atoms with Crippen LogP contribution in [-0.4, -0.2) is 16.7 Å². The fraction of sp³-hybridized carbons (Fsp3) is 0.667. The zero-order valence-corrected chi connectivity index (χ0v) is 10.2. The van der Waals surface area contributed by atoms with Gasteiger partial charge in [-0.15, -0.1) is 4.58 Å². The normalized spacial score (nSPS) is 14.4. The Bertz CT molecular complexity index is 267. The summed E-state index contributed by atoms with van der Waals surface area (Å²) in [4.78, 5) is 11.8. The summed E-state index contributed by atoms with van der Waals surface area (Å²) in [6.45, 7) is 12.0. The Hall–Kier alpha value is -0.920. The molecule has 0 unspecified atom stereocenters. The molecular formula is C12H22NO+. The molecule has 0 aliphatic heterocycles. The lowest BCUT2D eigenvalue weighted by atomic mass is 9.92. The maximum absolute atomic E-state index is 11.8. The molecule has 1 amide bonds. The van der Waals surface area contributed by atoms with Crippen molar-refractivity contribution in [1.82, 2.24) is 0 Å². The van der Waals surface area contributed by atoms with Gasteiger partial charge in [-0.25, -0.2) is 4.79 Å². The highest BCUT2D eigenvalue weighted by molar-refractivity contribution is 5.73. The van der Waals surface area contributed by atoms with E-state index in [0.29, 0.717) is 6.42 Å². The summed E-state index contributed by atoms with van der Waals surface area (Å²) < 4.78 is 1.71. The van der Waals surface area contributed by atoms with Gasteiger partial charge < -0.3 is 0 Å². The van der Waals surface area contributed by atoms with Gasteiger partial charge in [-0.3, -0.25) is 0 Å². The molecule has 0 saturated carbocycles. The van der Waals surface area contributed by atoms with Crippen LogP contribution in [0.3, 0.4) is 0 Å². The zero-order chi connectivity index (χ0) is 11.4. The fourth-order valence-electron chi connectivity index (χ4n) is 1.22. The van der Waals surface area contributed by atoms with E-state index in [1.807, 2.05) is 33.1 Å². The van der Waals surface area contributed by atoms with E-state index >= 15 is 0 Å². The first-order valence-corrected chi connectivity index (χ1v) is 5.06. The number of hydrogen-bond donors (Lipinski definition) is 0. The van der Waals surface area contributed by atoms with Gasteiger partial charge in [0, 0.05) is 13.8 Å². The van der Waals surface area contributed by atoms with Gasteiger partial charge in [-0.2, -0.15) is 0 Å². The SMILES string of the molecule is CC=[N+](C(=O)CC(C)(C)C)/C(C)=C/C. The van der Waals surface area contributed by atoms with Crippen LogP contribution < -0.4 is 0 Å². The summed E-state index contributed by atoms with van der Waals surface area (Å²) in [5.41, 5.74) is 1.04. The van der Waals surface area contributed by atoms with Gasteiger partial charge in [-0.1, -0.05) is 20.8 Å². The van der Waals surface area contributed by atoms with Crippen molar-refractivity contribution in [3.05, 3.63) is 11.8 Å². The Kier molecular flexibility index (Phi) is 4.75. The van der Waals surface area contributed by atoms with Crippen LogP contribution in [0.15, 0.2) is 11.8 Å². The standard InChI is InChI=1S/C12H22NO/c1-7-10(3)13(8-2)11(14)9-12(4,5)6/h7-8H,9H2,1-6H3/q+1/b10-7+,13-8?. The summed E-state index contributed by atoms with van der Waals surface area (Å²) in [6.07, 6.45) is 4.34. The van der Waals surface area contributed by atoms with Crippen LogP contribution in [-0.2, 0) is 4.79 Å². The van der Waals surface area contributed by atoms with Gasteiger partial charge in [0.2, 0.25) is 0 Å². The van der Waals surface area contributed by atoms with Crippen molar-refractivity contribution in [3.63, 3.8) is 0 Å². The Morgan fingerprint density at radius 3 is 2.07 bits per heavy atom. The molecule has 0 spiro atoms. The summed E-state index contributed by atoms with van der Waals surface area (Å²) in [5, 5.41) is 0. The van der Waals surface area contributed by atoms with Gasteiger partial charge in [0.05, 0.1) is 6.42 Å². The summed E-state index contributed by atoms with van der Waals surface area (Å²) >= 11 is 0. The third-order valence-corrected chi connectivity index (χ3v) is 2.01. The van der Waals surface area contributed by atoms with Crippen molar-refractivity contribution >= 4 is 12.1 Å². The topological polar surface area (TPSA) is 20.1 Å². The van der Waals surface area contributed by atoms with E-state index in [2.05, 4.69) is 20.8 Å². The molecule has 0 atom stereocenters. The third-order valence-electron chi connectivity index (χ3n) is 2.01. The quantitative estimate of drug-likeness (QED) is 0.491. The molecule has 2 nitrogen and oxygen atoms in total. The monoisotopic (exact) mass is 196 g/mol. The van der Waals surface area contributed by atoms with E-state index < -0.39 is 0 Å². The minimum Gasteiger partial charge on any atom is -0.219 e. The van der Waals surface area contributed by atoms with Crippen molar-refractivity contribution < 1.29 is 9.37 Å². The van der Waals surface area contributed by atoms with Crippen LogP contribution >= 0.6 is 0 Å². The van der Waals surface area contributed by atoms with E-state index in [9.17, 15) is 4.79 Å². The summed E-state index contributed by atoms with van der Waals surface area (Å²) in [6, 6.07) is 0. The molecule has 0 aliphatic rings. The molecule has 2 heteroatoms. The Morgan fingerprint density at radius 2 is 1.79 bits per heavy atom. The van der Waals surface area contributed by atoms with Gasteiger partial charge in [0.1, 0.15) is 0 Å². The molecule has 14 heavy (non-hydrogen) atoms. The van der Waals surface area contributed by atoms with Crippen LogP contribution in [0.4, 0.5) is 0 Å². The number of hydrogen-bond acceptors (Lipinski definition) is 1. The van der Waals surface area contributed by atoms with Crippen molar-refractivity contribution in [2.75, 3.05) is 0 Å². The van der Waals surface area contributed by atoms with Crippen LogP contribution in [0.5, 0.6) is 0 Å². The van der Waals surface area contributed by atoms with Crippen LogP contribution in [0.1, 0.15) is 48.0 Å². The van der Waals surface area contributed by atoms with E-state index in [-0.39, 0.29) is 11.3 Å². The first kappa shape index (κ1) is 13.1. The van der Waals surface area contributed by atoms with Crippen molar-refractivity contribution in [1.29, 1.82) is 0 Å². The van der Waals surface area contributed by atoms with Crippen LogP contribution in [0, 0.1) is 5.41 Å². The second-order valence-corrected chi connectivity index (χ2v) is 4.69. The molecule has 0 aromatic carbocycles. The third kappa shape index (κ3) is 4.35. The second-order valence-electron chi connectivity index (χ2n) is 4.69. The lowest BCUT2D eigenvalue weighted by Gasteiger charge is -2.14. The molecular weight excluding hydrogens is 174 g/mol. The number of carbonyl (C=O) groups excluding carboxylic acids is 1. The first-order chi connectivity index (χ1) is 6.31. The fourth-order valence-corrected chi connectivity index (χ4v) is 1.22. The number of allylic oxidation sites excluding steroid dienone is 2. The number of amides is 1. The Labute approximate surface area is 87.3 Å². The van der Waals surface area contributed by atoms with Gasteiger partial charge >= 0.3 is 5.91 Å². The molecule has 0 N–H and O–H groups in total. The minimum absolute atomic E-state index is 0.0480. The Balaban J connectivity index is 4.68. The van der Waals surface area contributed by atoms with Gasteiger partial charge in [0.25, 0.3) is 0 Å². The van der Waals surface area contributed by atoms with Crippen molar-refractivity contribution in [2.24, 2.45) is 5.41 Å². The predicted molar refractivity (Wildman–Crippen MR) is 60.5 cm³/mol. The highest BCUT2D eigenvalue weighted by atomic mass is 16.2. The van der Waals surface area contributed by atoms with Gasteiger partial charge in [0.15, 0.2) is 11.9 Å². The number of rotatable bonds is 2. The molecule has 0 saturated heterocycles. The van der Waals surface area contributed by atoms with E-state index in [1.54, 1.807) is 4.58 Å². The van der Waals surface area contributed by atoms with Crippen molar-refractivity contribution in [2.45, 2.75) is 48.0 Å². The van der Waals surface area contributed by atoms with E-state index in [4.69, 9.17) is 0 Å². The lowest BCUT2D eigenvalue weighted by Crippen LogP contribution is -2.24. The molecule has 0 radical (unpaired) electrons. The smallest absolute Gasteiger partial charge is 0.219 e. The molecule has 0 fully saturated rings. The molecule has 0 heterocycles. The van der Waals surface area contributed by atoms with Crippen LogP contribution in [0.25, 0.3) is 0 Å². The average molecular weight is 196 g/mol. The van der Waals surface area contributed by atoms with Gasteiger partial charge in [-0.05, 0) is 18.4 Å².